The van der Waals surface area contributed by atoms with Gasteiger partial charge in [-0.2, -0.15) is 4.31 Å². The molecule has 2 aliphatic heterocycles. The minimum atomic E-state index is -3.54. The molecule has 5 heterocycles. The number of H-pyrrole nitrogens is 1. The number of hydrogen-bond acceptors (Lipinski definition) is 8. The molecule has 11 nitrogen and oxygen atoms in total. The number of aromatic amines is 1. The highest BCUT2D eigenvalue weighted by molar-refractivity contribution is 7.88. The molecule has 2 fully saturated rings. The molecule has 2 aliphatic rings. The van der Waals surface area contributed by atoms with Crippen molar-refractivity contribution in [3.05, 3.63) is 52.1 Å². The molecular formula is C22H23ClN8O3S. The first-order valence-corrected chi connectivity index (χ1v) is 13.7. The second kappa shape index (κ2) is 8.25. The molecule has 6 rings (SSSR count). The van der Waals surface area contributed by atoms with Crippen molar-refractivity contribution < 1.29 is 8.42 Å². The van der Waals surface area contributed by atoms with Gasteiger partial charge in [-0.1, -0.05) is 17.7 Å². The molecule has 0 spiro atoms. The van der Waals surface area contributed by atoms with Crippen LogP contribution in [0.4, 0.5) is 5.82 Å². The predicted molar refractivity (Wildman–Crippen MR) is 132 cm³/mol. The topological polar surface area (TPSA) is 130 Å². The van der Waals surface area contributed by atoms with Crippen molar-refractivity contribution in [3.63, 3.8) is 0 Å². The van der Waals surface area contributed by atoms with Gasteiger partial charge < -0.3 is 9.88 Å². The molecule has 13 heteroatoms. The second-order valence-corrected chi connectivity index (χ2v) is 11.3. The van der Waals surface area contributed by atoms with Crippen LogP contribution in [0.25, 0.3) is 22.1 Å². The number of hydrogen-bond donors (Lipinski definition) is 1. The Balaban J connectivity index is 1.59. The van der Waals surface area contributed by atoms with Crippen LogP contribution in [0, 0.1) is 0 Å². The summed E-state index contributed by atoms with van der Waals surface area (Å²) in [5, 5.41) is 0.584. The van der Waals surface area contributed by atoms with Crippen LogP contribution in [0.2, 0.25) is 5.02 Å². The zero-order chi connectivity index (χ0) is 24.3. The van der Waals surface area contributed by atoms with Gasteiger partial charge in [-0.25, -0.2) is 28.4 Å². The van der Waals surface area contributed by atoms with Crippen LogP contribution in [-0.2, 0) is 10.0 Å². The lowest BCUT2D eigenvalue weighted by atomic mass is 10.1. The maximum Gasteiger partial charge on any atom is 0.264 e. The van der Waals surface area contributed by atoms with E-state index in [4.69, 9.17) is 16.6 Å². The molecule has 1 aromatic carbocycles. The van der Waals surface area contributed by atoms with Gasteiger partial charge in [0.25, 0.3) is 5.56 Å². The number of anilines is 1. The van der Waals surface area contributed by atoms with Crippen LogP contribution in [0.5, 0.6) is 0 Å². The zero-order valence-corrected chi connectivity index (χ0v) is 20.5. The second-order valence-electron chi connectivity index (χ2n) is 8.92. The van der Waals surface area contributed by atoms with E-state index in [9.17, 15) is 13.2 Å². The third-order valence-electron chi connectivity index (χ3n) is 6.82. The Morgan fingerprint density at radius 3 is 2.77 bits per heavy atom. The van der Waals surface area contributed by atoms with E-state index in [1.165, 1.54) is 16.9 Å². The van der Waals surface area contributed by atoms with E-state index in [0.29, 0.717) is 64.7 Å². The summed E-state index contributed by atoms with van der Waals surface area (Å²) in [6.45, 7) is 1.04. The summed E-state index contributed by atoms with van der Waals surface area (Å²) in [6.07, 6.45) is 6.30. The molecule has 0 saturated carbocycles. The van der Waals surface area contributed by atoms with Gasteiger partial charge in [0.05, 0.1) is 34.6 Å². The average Bonchev–Trinajstić information content (AvgIpc) is 3.58. The Morgan fingerprint density at radius 2 is 1.94 bits per heavy atom. The molecular weight excluding hydrogens is 492 g/mol. The lowest BCUT2D eigenvalue weighted by Gasteiger charge is -2.31. The summed E-state index contributed by atoms with van der Waals surface area (Å²) < 4.78 is 28.2. The summed E-state index contributed by atoms with van der Waals surface area (Å²) in [4.78, 5) is 37.1. The van der Waals surface area contributed by atoms with E-state index in [1.54, 1.807) is 29.1 Å². The highest BCUT2D eigenvalue weighted by Crippen LogP contribution is 2.39. The van der Waals surface area contributed by atoms with Gasteiger partial charge in [-0.15, -0.1) is 0 Å². The fourth-order valence-corrected chi connectivity index (χ4v) is 6.71. The molecule has 0 unspecified atom stereocenters. The SMILES string of the molecule is CS(=O)(=O)N1CCC[C@@H]1n1c([C@@H]2CCCN2c2ncnc3[nH]cnc23)nc2cccc(Cl)c2c1=O. The maximum atomic E-state index is 14.0. The number of imidazole rings is 1. The lowest BCUT2D eigenvalue weighted by molar-refractivity contribution is 0.291. The fourth-order valence-electron chi connectivity index (χ4n) is 5.36. The van der Waals surface area contributed by atoms with Gasteiger partial charge in [-0.3, -0.25) is 9.36 Å². The van der Waals surface area contributed by atoms with Crippen molar-refractivity contribution in [2.45, 2.75) is 37.9 Å². The molecule has 1 N–H and O–H groups in total. The van der Waals surface area contributed by atoms with E-state index >= 15 is 0 Å². The third-order valence-corrected chi connectivity index (χ3v) is 8.42. The van der Waals surface area contributed by atoms with Crippen molar-refractivity contribution >= 4 is 49.5 Å². The number of halogens is 1. The number of sulfonamides is 1. The van der Waals surface area contributed by atoms with E-state index < -0.39 is 16.2 Å². The van der Waals surface area contributed by atoms with Crippen molar-refractivity contribution in [1.82, 2.24) is 33.8 Å². The molecule has 2 saturated heterocycles. The highest BCUT2D eigenvalue weighted by Gasteiger charge is 2.39. The quantitative estimate of drug-likeness (QED) is 0.440. The van der Waals surface area contributed by atoms with E-state index in [0.717, 1.165) is 12.8 Å². The highest BCUT2D eigenvalue weighted by atomic mass is 35.5. The first kappa shape index (κ1) is 22.4. The minimum absolute atomic E-state index is 0.291. The molecule has 0 amide bonds. The van der Waals surface area contributed by atoms with Gasteiger partial charge in [0.15, 0.2) is 11.5 Å². The molecule has 2 atom stereocenters. The predicted octanol–water partition coefficient (Wildman–Crippen LogP) is 2.61. The Kier molecular flexibility index (Phi) is 5.27. The smallest absolute Gasteiger partial charge is 0.264 e. The summed E-state index contributed by atoms with van der Waals surface area (Å²) >= 11 is 6.43. The number of aromatic nitrogens is 6. The van der Waals surface area contributed by atoms with Crippen LogP contribution < -0.4 is 10.5 Å². The molecule has 35 heavy (non-hydrogen) atoms. The van der Waals surface area contributed by atoms with Crippen LogP contribution in [0.1, 0.15) is 43.7 Å². The van der Waals surface area contributed by atoms with Gasteiger partial charge in [0.2, 0.25) is 10.0 Å². The van der Waals surface area contributed by atoms with Crippen molar-refractivity contribution in [3.8, 4) is 0 Å². The Morgan fingerprint density at radius 1 is 1.11 bits per heavy atom. The molecule has 182 valence electrons. The van der Waals surface area contributed by atoms with Gasteiger partial charge >= 0.3 is 0 Å². The zero-order valence-electron chi connectivity index (χ0n) is 18.9. The van der Waals surface area contributed by atoms with Gasteiger partial charge in [0, 0.05) is 13.1 Å². The van der Waals surface area contributed by atoms with Crippen molar-refractivity contribution in [2.24, 2.45) is 0 Å². The molecule has 0 aliphatic carbocycles. The summed E-state index contributed by atoms with van der Waals surface area (Å²) in [5.41, 5.74) is 1.40. The van der Waals surface area contributed by atoms with E-state index in [1.807, 2.05) is 0 Å². The van der Waals surface area contributed by atoms with Gasteiger partial charge in [-0.05, 0) is 37.8 Å². The van der Waals surface area contributed by atoms with Crippen LogP contribution in [0.3, 0.4) is 0 Å². The minimum Gasteiger partial charge on any atom is -0.344 e. The monoisotopic (exact) mass is 514 g/mol. The Hall–Kier alpha value is -3.09. The number of benzene rings is 1. The molecule has 3 aromatic heterocycles. The number of nitrogens with one attached hydrogen (secondary N) is 1. The van der Waals surface area contributed by atoms with Crippen molar-refractivity contribution in [2.75, 3.05) is 24.2 Å². The third kappa shape index (κ3) is 3.58. The number of nitrogens with zero attached hydrogens (tertiary/aromatic N) is 7. The van der Waals surface area contributed by atoms with Crippen LogP contribution >= 0.6 is 11.6 Å². The number of rotatable bonds is 4. The summed E-state index contributed by atoms with van der Waals surface area (Å²) in [6, 6.07) is 4.86. The largest absolute Gasteiger partial charge is 0.344 e. The first-order chi connectivity index (χ1) is 16.8. The summed E-state index contributed by atoms with van der Waals surface area (Å²) in [7, 11) is -3.54. The molecule has 0 bridgehead atoms. The van der Waals surface area contributed by atoms with E-state index in [-0.39, 0.29) is 11.6 Å². The average molecular weight is 515 g/mol. The number of fused-ring (bicyclic) bond motifs is 2. The lowest BCUT2D eigenvalue weighted by Crippen LogP contribution is -2.41. The fraction of sp³-hybridized carbons (Fsp3) is 0.409. The van der Waals surface area contributed by atoms with Gasteiger partial charge in [0.1, 0.15) is 23.8 Å². The molecule has 4 aromatic rings. The Labute approximate surface area is 205 Å². The van der Waals surface area contributed by atoms with Crippen molar-refractivity contribution in [1.29, 1.82) is 0 Å². The van der Waals surface area contributed by atoms with E-state index in [2.05, 4.69) is 24.8 Å². The summed E-state index contributed by atoms with van der Waals surface area (Å²) in [5.74, 6) is 1.15. The maximum absolute atomic E-state index is 14.0. The Bertz CT molecular complexity index is 1620. The standard InChI is InChI=1S/C22H23ClN8O3S/c1-35(33,34)30-10-4-8-16(30)31-20(28-14-6-2-5-13(23)17(14)22(31)32)15-7-3-9-29(15)21-18-19(25-11-24-18)26-12-27-21/h2,5-6,11-12,15-16H,3-4,7-10H2,1H3,(H,24,25,26,27)/t15-,16-/m0/s1. The first-order valence-electron chi connectivity index (χ1n) is 11.4. The van der Waals surface area contributed by atoms with Crippen LogP contribution in [0.15, 0.2) is 35.6 Å². The molecule has 0 radical (unpaired) electrons. The normalized spacial score (nSPS) is 21.5. The van der Waals surface area contributed by atoms with Crippen LogP contribution in [-0.4, -0.2) is 61.6 Å².